The van der Waals surface area contributed by atoms with Crippen molar-refractivity contribution in [3.63, 3.8) is 0 Å². The molecule has 0 aliphatic rings. The van der Waals surface area contributed by atoms with E-state index in [4.69, 9.17) is 5.73 Å². The van der Waals surface area contributed by atoms with Gasteiger partial charge in [-0.05, 0) is 43.0 Å². The van der Waals surface area contributed by atoms with Crippen LogP contribution in [0.25, 0.3) is 10.9 Å². The molecule has 0 unspecified atom stereocenters. The fourth-order valence-electron chi connectivity index (χ4n) is 2.04. The minimum atomic E-state index is -0.147. The fourth-order valence-corrected chi connectivity index (χ4v) is 2.53. The number of carbonyl (C=O) groups excluding carboxylic acids is 1. The standard InChI is InChI=1S/C14H20N4OS/c1-20-8-4-2-3-7-16-14(19)13-11-9-10(15)5-6-12(11)17-18-13/h5-6,9H,2-4,7-8,15H2,1H3,(H,16,19)(H,17,18). The van der Waals surface area contributed by atoms with Gasteiger partial charge in [-0.15, -0.1) is 0 Å². The van der Waals surface area contributed by atoms with Gasteiger partial charge >= 0.3 is 0 Å². The maximum atomic E-state index is 12.1. The third kappa shape index (κ3) is 3.66. The number of nitrogen functional groups attached to an aromatic ring is 1. The number of amides is 1. The number of hydrogen-bond acceptors (Lipinski definition) is 4. The number of benzene rings is 1. The van der Waals surface area contributed by atoms with Crippen LogP contribution in [0.15, 0.2) is 18.2 Å². The molecule has 0 saturated carbocycles. The van der Waals surface area contributed by atoms with Gasteiger partial charge in [-0.25, -0.2) is 0 Å². The van der Waals surface area contributed by atoms with Gasteiger partial charge in [0, 0.05) is 17.6 Å². The van der Waals surface area contributed by atoms with Crippen LogP contribution >= 0.6 is 11.8 Å². The van der Waals surface area contributed by atoms with Crippen molar-refractivity contribution in [2.45, 2.75) is 19.3 Å². The second-order valence-corrected chi connectivity index (χ2v) is 5.67. The fraction of sp³-hybridized carbons (Fsp3) is 0.429. The van der Waals surface area contributed by atoms with E-state index in [1.165, 1.54) is 12.2 Å². The number of aromatic nitrogens is 2. The van der Waals surface area contributed by atoms with Crippen molar-refractivity contribution in [3.05, 3.63) is 23.9 Å². The Labute approximate surface area is 122 Å². The van der Waals surface area contributed by atoms with E-state index in [2.05, 4.69) is 21.8 Å². The van der Waals surface area contributed by atoms with Crippen molar-refractivity contribution in [1.82, 2.24) is 15.5 Å². The highest BCUT2D eigenvalue weighted by Gasteiger charge is 2.13. The third-order valence-electron chi connectivity index (χ3n) is 3.11. The number of hydrogen-bond donors (Lipinski definition) is 3. The molecule has 5 nitrogen and oxygen atoms in total. The van der Waals surface area contributed by atoms with Crippen LogP contribution in [0.2, 0.25) is 0 Å². The van der Waals surface area contributed by atoms with Crippen molar-refractivity contribution >= 4 is 34.3 Å². The number of anilines is 1. The summed E-state index contributed by atoms with van der Waals surface area (Å²) in [4.78, 5) is 12.1. The van der Waals surface area contributed by atoms with Crippen molar-refractivity contribution in [1.29, 1.82) is 0 Å². The van der Waals surface area contributed by atoms with Gasteiger partial charge in [0.1, 0.15) is 0 Å². The molecule has 6 heteroatoms. The van der Waals surface area contributed by atoms with Gasteiger partial charge in [0.05, 0.1) is 5.52 Å². The molecule has 1 amide bonds. The number of H-pyrrole nitrogens is 1. The number of nitrogens with zero attached hydrogens (tertiary/aromatic N) is 1. The van der Waals surface area contributed by atoms with Crippen molar-refractivity contribution < 1.29 is 4.79 Å². The smallest absolute Gasteiger partial charge is 0.272 e. The maximum Gasteiger partial charge on any atom is 0.272 e. The largest absolute Gasteiger partial charge is 0.399 e. The average molecular weight is 292 g/mol. The van der Waals surface area contributed by atoms with Crippen LogP contribution in [0.4, 0.5) is 5.69 Å². The summed E-state index contributed by atoms with van der Waals surface area (Å²) < 4.78 is 0. The monoisotopic (exact) mass is 292 g/mol. The molecule has 0 saturated heterocycles. The molecule has 0 atom stereocenters. The molecule has 1 heterocycles. The first-order valence-corrected chi connectivity index (χ1v) is 8.12. The second-order valence-electron chi connectivity index (χ2n) is 4.69. The lowest BCUT2D eigenvalue weighted by atomic mass is 10.2. The first-order valence-electron chi connectivity index (χ1n) is 6.73. The number of fused-ring (bicyclic) bond motifs is 1. The molecule has 1 aromatic carbocycles. The van der Waals surface area contributed by atoms with Crippen LogP contribution in [0.1, 0.15) is 29.8 Å². The van der Waals surface area contributed by atoms with Crippen LogP contribution in [-0.4, -0.2) is 34.7 Å². The van der Waals surface area contributed by atoms with Crippen LogP contribution in [0, 0.1) is 0 Å². The Hall–Kier alpha value is -1.69. The van der Waals surface area contributed by atoms with E-state index in [1.54, 1.807) is 12.1 Å². The molecule has 4 N–H and O–H groups in total. The van der Waals surface area contributed by atoms with Crippen LogP contribution in [-0.2, 0) is 0 Å². The summed E-state index contributed by atoms with van der Waals surface area (Å²) >= 11 is 1.85. The van der Waals surface area contributed by atoms with Crippen molar-refractivity contribution in [2.75, 3.05) is 24.3 Å². The summed E-state index contributed by atoms with van der Waals surface area (Å²) in [5.41, 5.74) is 7.61. The Bertz CT molecular complexity index is 582. The van der Waals surface area contributed by atoms with Crippen molar-refractivity contribution in [3.8, 4) is 0 Å². The number of aromatic amines is 1. The van der Waals surface area contributed by atoms with E-state index in [0.717, 1.165) is 23.7 Å². The highest BCUT2D eigenvalue weighted by atomic mass is 32.2. The summed E-state index contributed by atoms with van der Waals surface area (Å²) in [6.07, 6.45) is 5.43. The number of unbranched alkanes of at least 4 members (excludes halogenated alkanes) is 2. The van der Waals surface area contributed by atoms with Gasteiger partial charge in [0.25, 0.3) is 5.91 Å². The van der Waals surface area contributed by atoms with Gasteiger partial charge in [-0.1, -0.05) is 6.42 Å². The molecule has 0 radical (unpaired) electrons. The molecule has 108 valence electrons. The van der Waals surface area contributed by atoms with Gasteiger partial charge in [0.2, 0.25) is 0 Å². The highest BCUT2D eigenvalue weighted by molar-refractivity contribution is 7.98. The Kier molecular flexibility index (Phi) is 5.29. The molecule has 0 bridgehead atoms. The van der Waals surface area contributed by atoms with E-state index >= 15 is 0 Å². The summed E-state index contributed by atoms with van der Waals surface area (Å²) in [6.45, 7) is 0.684. The second kappa shape index (κ2) is 7.19. The van der Waals surface area contributed by atoms with E-state index < -0.39 is 0 Å². The molecule has 1 aromatic heterocycles. The lowest BCUT2D eigenvalue weighted by Crippen LogP contribution is -2.25. The predicted molar refractivity (Wildman–Crippen MR) is 85.1 cm³/mol. The Morgan fingerprint density at radius 1 is 1.40 bits per heavy atom. The van der Waals surface area contributed by atoms with E-state index in [9.17, 15) is 4.79 Å². The third-order valence-corrected chi connectivity index (χ3v) is 3.81. The van der Waals surface area contributed by atoms with E-state index in [1.807, 2.05) is 17.8 Å². The highest BCUT2D eigenvalue weighted by Crippen LogP contribution is 2.18. The Morgan fingerprint density at radius 3 is 3.05 bits per heavy atom. The molecule has 0 fully saturated rings. The Morgan fingerprint density at radius 2 is 2.25 bits per heavy atom. The lowest BCUT2D eigenvalue weighted by Gasteiger charge is -2.03. The van der Waals surface area contributed by atoms with E-state index in [0.29, 0.717) is 17.9 Å². The van der Waals surface area contributed by atoms with Crippen LogP contribution in [0.5, 0.6) is 0 Å². The number of thioether (sulfide) groups is 1. The average Bonchev–Trinajstić information content (AvgIpc) is 2.85. The number of nitrogens with one attached hydrogen (secondary N) is 2. The molecule has 20 heavy (non-hydrogen) atoms. The number of rotatable bonds is 7. The Balaban J connectivity index is 1.89. The quantitative estimate of drug-likeness (QED) is 0.540. The van der Waals surface area contributed by atoms with Gasteiger partial charge < -0.3 is 11.1 Å². The number of nitrogens with two attached hydrogens (primary N) is 1. The van der Waals surface area contributed by atoms with E-state index in [-0.39, 0.29) is 5.91 Å². The van der Waals surface area contributed by atoms with Gasteiger partial charge in [-0.3, -0.25) is 9.89 Å². The zero-order valence-electron chi connectivity index (χ0n) is 11.6. The molecule has 2 rings (SSSR count). The lowest BCUT2D eigenvalue weighted by molar-refractivity contribution is 0.0949. The molecule has 0 spiro atoms. The summed E-state index contributed by atoms with van der Waals surface area (Å²) in [5, 5.41) is 10.6. The zero-order chi connectivity index (χ0) is 14.4. The normalized spacial score (nSPS) is 10.8. The molecule has 0 aliphatic carbocycles. The van der Waals surface area contributed by atoms with Gasteiger partial charge in [-0.2, -0.15) is 16.9 Å². The summed E-state index contributed by atoms with van der Waals surface area (Å²) in [7, 11) is 0. The molecular formula is C14H20N4OS. The number of carbonyl (C=O) groups is 1. The molecule has 2 aromatic rings. The topological polar surface area (TPSA) is 83.8 Å². The van der Waals surface area contributed by atoms with Crippen molar-refractivity contribution in [2.24, 2.45) is 0 Å². The minimum Gasteiger partial charge on any atom is -0.399 e. The maximum absolute atomic E-state index is 12.1. The van der Waals surface area contributed by atoms with Crippen LogP contribution < -0.4 is 11.1 Å². The SMILES string of the molecule is CSCCCCCNC(=O)c1n[nH]c2ccc(N)cc12. The first-order chi connectivity index (χ1) is 9.72. The molecular weight excluding hydrogens is 272 g/mol. The zero-order valence-corrected chi connectivity index (χ0v) is 12.4. The van der Waals surface area contributed by atoms with Crippen LogP contribution in [0.3, 0.4) is 0 Å². The summed E-state index contributed by atoms with van der Waals surface area (Å²) in [6, 6.07) is 5.39. The molecule has 0 aliphatic heterocycles. The van der Waals surface area contributed by atoms with Gasteiger partial charge in [0.15, 0.2) is 5.69 Å². The minimum absolute atomic E-state index is 0.147. The first kappa shape index (κ1) is 14.7. The predicted octanol–water partition coefficient (Wildman–Crippen LogP) is 2.41. The summed E-state index contributed by atoms with van der Waals surface area (Å²) in [5.74, 6) is 1.03.